The Morgan fingerprint density at radius 3 is 2.34 bits per heavy atom. The number of carbonyl (C=O) groups excluding carboxylic acids is 1. The van der Waals surface area contributed by atoms with Gasteiger partial charge >= 0.3 is 0 Å². The minimum atomic E-state index is -3.46. The molecule has 0 aliphatic carbocycles. The van der Waals surface area contributed by atoms with Crippen molar-refractivity contribution < 1.29 is 13.2 Å². The van der Waals surface area contributed by atoms with E-state index in [1.165, 1.54) is 4.31 Å². The fraction of sp³-hybridized carbons (Fsp3) is 0.381. The van der Waals surface area contributed by atoms with E-state index in [1.54, 1.807) is 42.5 Å². The number of halogens is 2. The molecular formula is C21H24Cl2N2O3S. The summed E-state index contributed by atoms with van der Waals surface area (Å²) in [6, 6.07) is 11.4. The summed E-state index contributed by atoms with van der Waals surface area (Å²) in [6.07, 6.45) is 3.01. The second kappa shape index (κ2) is 9.47. The van der Waals surface area contributed by atoms with E-state index in [2.05, 4.69) is 5.32 Å². The van der Waals surface area contributed by atoms with Crippen LogP contribution in [0.5, 0.6) is 0 Å². The molecule has 2 aromatic carbocycles. The molecule has 8 heteroatoms. The molecule has 1 amide bonds. The van der Waals surface area contributed by atoms with Crippen LogP contribution in [0.3, 0.4) is 0 Å². The Hall–Kier alpha value is -1.60. The molecule has 0 bridgehead atoms. The molecule has 1 saturated heterocycles. The number of carbonyl (C=O) groups is 1. The fourth-order valence-electron chi connectivity index (χ4n) is 3.44. The van der Waals surface area contributed by atoms with E-state index in [0.29, 0.717) is 23.1 Å². The second-order valence-corrected chi connectivity index (χ2v) is 10.0. The van der Waals surface area contributed by atoms with Crippen LogP contribution >= 0.6 is 23.2 Å². The number of nitrogens with zero attached hydrogens (tertiary/aromatic N) is 1. The van der Waals surface area contributed by atoms with E-state index in [-0.39, 0.29) is 23.3 Å². The first-order chi connectivity index (χ1) is 13.8. The second-order valence-electron chi connectivity index (χ2n) is 7.24. The summed E-state index contributed by atoms with van der Waals surface area (Å²) in [4.78, 5) is 12.7. The summed E-state index contributed by atoms with van der Waals surface area (Å²) < 4.78 is 26.9. The first kappa shape index (κ1) is 22.1. The largest absolute Gasteiger partial charge is 0.349 e. The van der Waals surface area contributed by atoms with Crippen LogP contribution in [0.25, 0.3) is 0 Å². The van der Waals surface area contributed by atoms with Crippen molar-refractivity contribution in [1.29, 1.82) is 0 Å². The van der Waals surface area contributed by atoms with E-state index in [4.69, 9.17) is 23.2 Å². The van der Waals surface area contributed by atoms with Crippen molar-refractivity contribution in [2.24, 2.45) is 0 Å². The molecule has 1 aliphatic rings. The van der Waals surface area contributed by atoms with Gasteiger partial charge in [-0.3, -0.25) is 4.79 Å². The van der Waals surface area contributed by atoms with Crippen molar-refractivity contribution in [1.82, 2.24) is 9.62 Å². The van der Waals surface area contributed by atoms with Crippen LogP contribution < -0.4 is 5.32 Å². The van der Waals surface area contributed by atoms with Gasteiger partial charge in [-0.15, -0.1) is 0 Å². The first-order valence-corrected chi connectivity index (χ1v) is 11.8. The Morgan fingerprint density at radius 1 is 1.07 bits per heavy atom. The molecule has 0 saturated carbocycles. The predicted molar refractivity (Wildman–Crippen MR) is 116 cm³/mol. The molecule has 1 N–H and O–H groups in total. The van der Waals surface area contributed by atoms with Gasteiger partial charge in [0, 0.05) is 23.1 Å². The molecule has 29 heavy (non-hydrogen) atoms. The lowest BCUT2D eigenvalue weighted by molar-refractivity contribution is -0.121. The monoisotopic (exact) mass is 454 g/mol. The lowest BCUT2D eigenvalue weighted by Gasteiger charge is -2.25. The Bertz CT molecular complexity index is 972. The number of benzene rings is 2. The third kappa shape index (κ3) is 5.51. The maximum Gasteiger partial charge on any atom is 0.243 e. The third-order valence-corrected chi connectivity index (χ3v) is 7.52. The lowest BCUT2D eigenvalue weighted by atomic mass is 10.1. The van der Waals surface area contributed by atoms with Crippen molar-refractivity contribution in [2.45, 2.75) is 43.5 Å². The maximum absolute atomic E-state index is 12.7. The molecular weight excluding hydrogens is 431 g/mol. The van der Waals surface area contributed by atoms with Gasteiger partial charge in [0.1, 0.15) is 0 Å². The van der Waals surface area contributed by atoms with Crippen LogP contribution in [-0.4, -0.2) is 31.7 Å². The lowest BCUT2D eigenvalue weighted by Crippen LogP contribution is -2.35. The van der Waals surface area contributed by atoms with E-state index in [9.17, 15) is 13.2 Å². The number of nitrogens with one attached hydrogen (secondary N) is 1. The van der Waals surface area contributed by atoms with Gasteiger partial charge in [0.05, 0.1) is 17.4 Å². The third-order valence-electron chi connectivity index (χ3n) is 5.05. The zero-order valence-corrected chi connectivity index (χ0v) is 18.5. The highest BCUT2D eigenvalue weighted by Gasteiger charge is 2.25. The van der Waals surface area contributed by atoms with Crippen LogP contribution in [0.4, 0.5) is 0 Å². The molecule has 3 rings (SSSR count). The highest BCUT2D eigenvalue weighted by Crippen LogP contribution is 2.26. The zero-order chi connectivity index (χ0) is 21.0. The number of hydrogen-bond acceptors (Lipinski definition) is 3. The van der Waals surface area contributed by atoms with Gasteiger partial charge in [0.15, 0.2) is 0 Å². The molecule has 156 valence electrons. The molecule has 2 aromatic rings. The summed E-state index contributed by atoms with van der Waals surface area (Å²) in [5.41, 5.74) is 1.53. The van der Waals surface area contributed by atoms with Crippen molar-refractivity contribution in [3.63, 3.8) is 0 Å². The Balaban J connectivity index is 1.62. The van der Waals surface area contributed by atoms with Gasteiger partial charge in [0.2, 0.25) is 15.9 Å². The number of sulfonamides is 1. The molecule has 0 spiro atoms. The van der Waals surface area contributed by atoms with Crippen LogP contribution in [0.1, 0.15) is 43.4 Å². The molecule has 1 unspecified atom stereocenters. The fourth-order valence-corrected chi connectivity index (χ4v) is 5.53. The molecule has 1 fully saturated rings. The van der Waals surface area contributed by atoms with Crippen LogP contribution in [-0.2, 0) is 21.2 Å². The summed E-state index contributed by atoms with van der Waals surface area (Å²) in [7, 11) is -3.46. The SMILES string of the molecule is CC(NC(=O)Cc1ccc(S(=O)(=O)N2CCCCC2)cc1)c1ccc(Cl)cc1Cl. The average molecular weight is 455 g/mol. The number of hydrogen-bond donors (Lipinski definition) is 1. The molecule has 0 aromatic heterocycles. The summed E-state index contributed by atoms with van der Waals surface area (Å²) in [5, 5.41) is 3.95. The zero-order valence-electron chi connectivity index (χ0n) is 16.2. The van der Waals surface area contributed by atoms with Crippen molar-refractivity contribution in [3.8, 4) is 0 Å². The van der Waals surface area contributed by atoms with Gasteiger partial charge in [-0.05, 0) is 55.2 Å². The van der Waals surface area contributed by atoms with Gasteiger partial charge in [-0.25, -0.2) is 8.42 Å². The first-order valence-electron chi connectivity index (χ1n) is 9.61. The van der Waals surface area contributed by atoms with Gasteiger partial charge in [-0.2, -0.15) is 4.31 Å². The highest BCUT2D eigenvalue weighted by atomic mass is 35.5. The molecule has 5 nitrogen and oxygen atoms in total. The maximum atomic E-state index is 12.7. The Labute approximate surface area is 182 Å². The minimum Gasteiger partial charge on any atom is -0.349 e. The van der Waals surface area contributed by atoms with E-state index >= 15 is 0 Å². The van der Waals surface area contributed by atoms with Crippen molar-refractivity contribution in [2.75, 3.05) is 13.1 Å². The van der Waals surface area contributed by atoms with E-state index in [0.717, 1.165) is 30.4 Å². The Kier molecular flexibility index (Phi) is 7.22. The minimum absolute atomic E-state index is 0.152. The van der Waals surface area contributed by atoms with E-state index in [1.807, 2.05) is 6.92 Å². The van der Waals surface area contributed by atoms with Gasteiger partial charge in [-0.1, -0.05) is 47.8 Å². The number of piperidine rings is 1. The van der Waals surface area contributed by atoms with E-state index < -0.39 is 10.0 Å². The number of rotatable bonds is 6. The quantitative estimate of drug-likeness (QED) is 0.693. The van der Waals surface area contributed by atoms with Gasteiger partial charge < -0.3 is 5.32 Å². The standard InChI is InChI=1S/C21H24Cl2N2O3S/c1-15(19-10-7-17(22)14-20(19)23)24-21(26)13-16-5-8-18(9-6-16)29(27,28)25-11-3-2-4-12-25/h5-10,14-15H,2-4,11-13H2,1H3,(H,24,26). The van der Waals surface area contributed by atoms with Crippen molar-refractivity contribution in [3.05, 3.63) is 63.6 Å². The predicted octanol–water partition coefficient (Wildman–Crippen LogP) is 4.59. The molecule has 0 radical (unpaired) electrons. The molecule has 1 atom stereocenters. The molecule has 1 heterocycles. The summed E-state index contributed by atoms with van der Waals surface area (Å²) in [5.74, 6) is -0.171. The number of amides is 1. The normalized spacial score (nSPS) is 16.4. The van der Waals surface area contributed by atoms with Crippen LogP contribution in [0.2, 0.25) is 10.0 Å². The summed E-state index contributed by atoms with van der Waals surface area (Å²) >= 11 is 12.1. The van der Waals surface area contributed by atoms with Crippen LogP contribution in [0.15, 0.2) is 47.4 Å². The van der Waals surface area contributed by atoms with Gasteiger partial charge in [0.25, 0.3) is 0 Å². The highest BCUT2D eigenvalue weighted by molar-refractivity contribution is 7.89. The van der Waals surface area contributed by atoms with Crippen LogP contribution in [0, 0.1) is 0 Å². The molecule has 1 aliphatic heterocycles. The Morgan fingerprint density at radius 2 is 1.72 bits per heavy atom. The average Bonchev–Trinajstić information content (AvgIpc) is 2.69. The van der Waals surface area contributed by atoms with Crippen molar-refractivity contribution >= 4 is 39.1 Å². The topological polar surface area (TPSA) is 66.5 Å². The smallest absolute Gasteiger partial charge is 0.243 e. The summed E-state index contributed by atoms with van der Waals surface area (Å²) in [6.45, 7) is 2.98.